The second-order valence-corrected chi connectivity index (χ2v) is 12.1. The molecule has 30 heavy (non-hydrogen) atoms. The lowest BCUT2D eigenvalue weighted by Crippen LogP contribution is -2.32. The summed E-state index contributed by atoms with van der Waals surface area (Å²) in [6.45, 7) is 0. The molecule has 0 atom stereocenters. The van der Waals surface area contributed by atoms with E-state index in [1.165, 1.54) is 0 Å². The maximum absolute atomic E-state index is 13.2. The molecular formula is C24H26O4S2. The lowest BCUT2D eigenvalue weighted by molar-refractivity contribution is 0.564. The van der Waals surface area contributed by atoms with E-state index in [9.17, 15) is 16.8 Å². The Kier molecular flexibility index (Phi) is 7.45. The van der Waals surface area contributed by atoms with Gasteiger partial charge in [0, 0.05) is 0 Å². The molecule has 0 saturated carbocycles. The fourth-order valence-corrected chi connectivity index (χ4v) is 8.43. The van der Waals surface area contributed by atoms with E-state index in [4.69, 9.17) is 0 Å². The van der Waals surface area contributed by atoms with Gasteiger partial charge in [-0.05, 0) is 36.0 Å². The first-order valence-electron chi connectivity index (χ1n) is 9.92. The van der Waals surface area contributed by atoms with Crippen molar-refractivity contribution < 1.29 is 16.8 Å². The Morgan fingerprint density at radius 1 is 0.533 bits per heavy atom. The number of aryl methyl sites for hydroxylation is 1. The van der Waals surface area contributed by atoms with Crippen molar-refractivity contribution in [1.29, 1.82) is 0 Å². The highest BCUT2D eigenvalue weighted by Gasteiger charge is 2.37. The number of sulfone groups is 2. The first-order chi connectivity index (χ1) is 14.4. The van der Waals surface area contributed by atoms with Gasteiger partial charge in [-0.2, -0.15) is 0 Å². The first kappa shape index (κ1) is 22.2. The topological polar surface area (TPSA) is 68.3 Å². The summed E-state index contributed by atoms with van der Waals surface area (Å²) in [5.41, 5.74) is 2.26. The van der Waals surface area contributed by atoms with E-state index in [0.717, 1.165) is 5.56 Å². The van der Waals surface area contributed by atoms with Crippen LogP contribution < -0.4 is 0 Å². The molecule has 0 bridgehead atoms. The van der Waals surface area contributed by atoms with E-state index in [1.807, 2.05) is 30.3 Å². The quantitative estimate of drug-likeness (QED) is 0.461. The molecule has 4 nitrogen and oxygen atoms in total. The molecule has 0 spiro atoms. The Morgan fingerprint density at radius 2 is 0.900 bits per heavy atom. The average molecular weight is 443 g/mol. The Labute approximate surface area is 179 Å². The number of benzene rings is 3. The summed E-state index contributed by atoms with van der Waals surface area (Å²) in [7, 11) is -7.79. The molecule has 3 rings (SSSR count). The van der Waals surface area contributed by atoms with Crippen LogP contribution in [-0.4, -0.2) is 21.4 Å². The van der Waals surface area contributed by atoms with Gasteiger partial charge < -0.3 is 0 Å². The van der Waals surface area contributed by atoms with Gasteiger partial charge in [0.25, 0.3) is 0 Å². The van der Waals surface area contributed by atoms with Crippen molar-refractivity contribution in [2.75, 3.05) is 0 Å². The summed E-state index contributed by atoms with van der Waals surface area (Å²) in [6.07, 6.45) is 1.20. The minimum Gasteiger partial charge on any atom is -0.227 e. The SMILES string of the molecule is O=S(=O)(Cc1ccccc1)C(CCCc1ccccc1)S(=O)(=O)Cc1ccccc1. The molecule has 0 aliphatic carbocycles. The molecule has 0 heterocycles. The summed E-state index contributed by atoms with van der Waals surface area (Å²) >= 11 is 0. The van der Waals surface area contributed by atoms with Crippen LogP contribution in [0, 0.1) is 0 Å². The average Bonchev–Trinajstić information content (AvgIpc) is 2.72. The van der Waals surface area contributed by atoms with Crippen LogP contribution in [0.5, 0.6) is 0 Å². The van der Waals surface area contributed by atoms with Crippen LogP contribution >= 0.6 is 0 Å². The summed E-state index contributed by atoms with van der Waals surface area (Å²) < 4.78 is 51.4. The van der Waals surface area contributed by atoms with Crippen LogP contribution in [0.2, 0.25) is 0 Å². The highest BCUT2D eigenvalue weighted by atomic mass is 32.3. The van der Waals surface area contributed by atoms with E-state index in [1.54, 1.807) is 60.7 Å². The van der Waals surface area contributed by atoms with Crippen molar-refractivity contribution in [1.82, 2.24) is 0 Å². The van der Waals surface area contributed by atoms with Crippen LogP contribution in [0.1, 0.15) is 29.5 Å². The minimum absolute atomic E-state index is 0.0826. The van der Waals surface area contributed by atoms with Crippen LogP contribution in [0.25, 0.3) is 0 Å². The molecule has 6 heteroatoms. The molecule has 3 aromatic carbocycles. The van der Waals surface area contributed by atoms with Gasteiger partial charge in [-0.15, -0.1) is 0 Å². The van der Waals surface area contributed by atoms with Gasteiger partial charge in [-0.3, -0.25) is 0 Å². The molecule has 0 fully saturated rings. The zero-order valence-electron chi connectivity index (χ0n) is 16.7. The Bertz CT molecular complexity index is 1050. The zero-order chi connectivity index (χ0) is 21.5. The molecule has 0 saturated heterocycles. The normalized spacial score (nSPS) is 12.2. The van der Waals surface area contributed by atoms with Gasteiger partial charge in [-0.25, -0.2) is 16.8 Å². The minimum atomic E-state index is -3.90. The van der Waals surface area contributed by atoms with Gasteiger partial charge >= 0.3 is 0 Å². The lowest BCUT2D eigenvalue weighted by Gasteiger charge is -2.19. The molecule has 0 aromatic heterocycles. The second kappa shape index (κ2) is 10.0. The predicted octanol–water partition coefficient (Wildman–Crippen LogP) is 4.57. The summed E-state index contributed by atoms with van der Waals surface area (Å²) in [4.78, 5) is 0. The van der Waals surface area contributed by atoms with Gasteiger partial charge in [-0.1, -0.05) is 91.0 Å². The fraction of sp³-hybridized carbons (Fsp3) is 0.250. The zero-order valence-corrected chi connectivity index (χ0v) is 18.4. The van der Waals surface area contributed by atoms with Crippen LogP contribution in [-0.2, 0) is 37.6 Å². The molecule has 0 N–H and O–H groups in total. The highest BCUT2D eigenvalue weighted by Crippen LogP contribution is 2.25. The molecular weight excluding hydrogens is 416 g/mol. The van der Waals surface area contributed by atoms with Crippen LogP contribution in [0.3, 0.4) is 0 Å². The predicted molar refractivity (Wildman–Crippen MR) is 121 cm³/mol. The van der Waals surface area contributed by atoms with E-state index in [-0.39, 0.29) is 17.9 Å². The molecule has 0 aliphatic heterocycles. The van der Waals surface area contributed by atoms with Gasteiger partial charge in [0.05, 0.1) is 11.5 Å². The standard InChI is InChI=1S/C24H26O4S2/c25-29(26,19-22-13-6-2-7-14-22)24(18-10-17-21-11-4-1-5-12-21)30(27,28)20-23-15-8-3-9-16-23/h1-9,11-16,24H,10,17-20H2. The van der Waals surface area contributed by atoms with E-state index < -0.39 is 24.3 Å². The molecule has 0 unspecified atom stereocenters. The second-order valence-electron chi connectivity index (χ2n) is 7.39. The first-order valence-corrected chi connectivity index (χ1v) is 13.3. The maximum atomic E-state index is 13.2. The third kappa shape index (κ3) is 6.28. The fourth-order valence-electron chi connectivity index (χ4n) is 3.50. The molecule has 0 amide bonds. The van der Waals surface area contributed by atoms with Crippen LogP contribution in [0.15, 0.2) is 91.0 Å². The van der Waals surface area contributed by atoms with Crippen molar-refractivity contribution in [3.05, 3.63) is 108 Å². The lowest BCUT2D eigenvalue weighted by atomic mass is 10.1. The monoisotopic (exact) mass is 442 g/mol. The molecule has 0 radical (unpaired) electrons. The largest absolute Gasteiger partial charge is 0.227 e. The number of hydrogen-bond donors (Lipinski definition) is 0. The van der Waals surface area contributed by atoms with Crippen molar-refractivity contribution >= 4 is 19.7 Å². The molecule has 3 aromatic rings. The van der Waals surface area contributed by atoms with Gasteiger partial charge in [0.1, 0.15) is 0 Å². The third-order valence-corrected chi connectivity index (χ3v) is 10.3. The van der Waals surface area contributed by atoms with Crippen molar-refractivity contribution in [3.8, 4) is 0 Å². The van der Waals surface area contributed by atoms with Crippen molar-refractivity contribution in [3.63, 3.8) is 0 Å². The van der Waals surface area contributed by atoms with Crippen molar-refractivity contribution in [2.24, 2.45) is 0 Å². The van der Waals surface area contributed by atoms with Crippen molar-refractivity contribution in [2.45, 2.75) is 35.4 Å². The summed E-state index contributed by atoms with van der Waals surface area (Å²) in [6, 6.07) is 27.2. The van der Waals surface area contributed by atoms with E-state index >= 15 is 0 Å². The Balaban J connectivity index is 1.83. The van der Waals surface area contributed by atoms with Gasteiger partial charge in [0.15, 0.2) is 24.3 Å². The maximum Gasteiger partial charge on any atom is 0.171 e. The summed E-state index contributed by atoms with van der Waals surface area (Å²) in [5, 5.41) is 0. The molecule has 158 valence electrons. The van der Waals surface area contributed by atoms with Crippen LogP contribution in [0.4, 0.5) is 0 Å². The summed E-state index contributed by atoms with van der Waals surface area (Å²) in [5.74, 6) is -0.560. The smallest absolute Gasteiger partial charge is 0.171 e. The Hall–Kier alpha value is -2.44. The third-order valence-electron chi connectivity index (χ3n) is 4.97. The highest BCUT2D eigenvalue weighted by molar-refractivity contribution is 8.08. The Morgan fingerprint density at radius 3 is 1.30 bits per heavy atom. The van der Waals surface area contributed by atoms with E-state index in [2.05, 4.69) is 0 Å². The molecule has 0 aliphatic rings. The number of hydrogen-bond acceptors (Lipinski definition) is 4. The van der Waals surface area contributed by atoms with Gasteiger partial charge in [0.2, 0.25) is 0 Å². The number of rotatable bonds is 10. The van der Waals surface area contributed by atoms with E-state index in [0.29, 0.717) is 24.0 Å².